The molecule has 3 nitrogen and oxygen atoms in total. The molecule has 0 unspecified atom stereocenters. The van der Waals surface area contributed by atoms with Gasteiger partial charge in [0.05, 0.1) is 14.2 Å². The zero-order valence-electron chi connectivity index (χ0n) is 10.3. The third-order valence-electron chi connectivity index (χ3n) is 2.77. The van der Waals surface area contributed by atoms with Gasteiger partial charge in [-0.2, -0.15) is 0 Å². The zero-order valence-corrected chi connectivity index (χ0v) is 10.3. The standard InChI is InChI=1S/C15H14O3/c1-17-14-8-12(10-16)13(9-15(14)18-2)11-6-4-3-5-7-11/h3-10H,1-2H3. The van der Waals surface area contributed by atoms with Gasteiger partial charge < -0.3 is 9.47 Å². The van der Waals surface area contributed by atoms with Gasteiger partial charge in [0.25, 0.3) is 0 Å². The number of hydrogen-bond acceptors (Lipinski definition) is 3. The number of benzene rings is 2. The molecule has 2 aromatic carbocycles. The number of carbonyl (C=O) groups excluding carboxylic acids is 1. The van der Waals surface area contributed by atoms with Crippen molar-refractivity contribution in [3.63, 3.8) is 0 Å². The van der Waals surface area contributed by atoms with Gasteiger partial charge in [0.15, 0.2) is 17.8 Å². The van der Waals surface area contributed by atoms with E-state index in [0.717, 1.165) is 17.4 Å². The molecule has 0 fully saturated rings. The fourth-order valence-electron chi connectivity index (χ4n) is 1.86. The maximum absolute atomic E-state index is 11.2. The van der Waals surface area contributed by atoms with Gasteiger partial charge in [0.2, 0.25) is 0 Å². The molecule has 0 saturated carbocycles. The van der Waals surface area contributed by atoms with Gasteiger partial charge in [0.1, 0.15) is 0 Å². The van der Waals surface area contributed by atoms with E-state index >= 15 is 0 Å². The predicted octanol–water partition coefficient (Wildman–Crippen LogP) is 3.18. The lowest BCUT2D eigenvalue weighted by molar-refractivity contribution is 0.112. The van der Waals surface area contributed by atoms with Crippen molar-refractivity contribution in [1.29, 1.82) is 0 Å². The fourth-order valence-corrected chi connectivity index (χ4v) is 1.86. The summed E-state index contributed by atoms with van der Waals surface area (Å²) in [5.74, 6) is 1.17. The summed E-state index contributed by atoms with van der Waals surface area (Å²) in [7, 11) is 3.13. The average molecular weight is 242 g/mol. The maximum Gasteiger partial charge on any atom is 0.161 e. The Morgan fingerprint density at radius 3 is 2.11 bits per heavy atom. The smallest absolute Gasteiger partial charge is 0.161 e. The highest BCUT2D eigenvalue weighted by Gasteiger charge is 2.11. The van der Waals surface area contributed by atoms with Crippen LogP contribution in [0.25, 0.3) is 11.1 Å². The van der Waals surface area contributed by atoms with E-state index in [1.165, 1.54) is 0 Å². The van der Waals surface area contributed by atoms with E-state index in [1.807, 2.05) is 36.4 Å². The van der Waals surface area contributed by atoms with Gasteiger partial charge >= 0.3 is 0 Å². The van der Waals surface area contributed by atoms with Crippen molar-refractivity contribution in [3.8, 4) is 22.6 Å². The fraction of sp³-hybridized carbons (Fsp3) is 0.133. The van der Waals surface area contributed by atoms with E-state index < -0.39 is 0 Å². The normalized spacial score (nSPS) is 9.89. The topological polar surface area (TPSA) is 35.5 Å². The molecule has 0 amide bonds. The molecule has 0 aromatic heterocycles. The highest BCUT2D eigenvalue weighted by atomic mass is 16.5. The Bertz CT molecular complexity index is 547. The molecular weight excluding hydrogens is 228 g/mol. The molecule has 18 heavy (non-hydrogen) atoms. The van der Waals surface area contributed by atoms with Crippen LogP contribution in [0, 0.1) is 0 Å². The van der Waals surface area contributed by atoms with Crippen LogP contribution in [0.5, 0.6) is 11.5 Å². The Labute approximate surface area is 106 Å². The molecule has 0 aliphatic rings. The van der Waals surface area contributed by atoms with Gasteiger partial charge in [-0.15, -0.1) is 0 Å². The zero-order chi connectivity index (χ0) is 13.0. The summed E-state index contributed by atoms with van der Waals surface area (Å²) in [5.41, 5.74) is 2.39. The molecule has 3 heteroatoms. The molecule has 2 aromatic rings. The molecule has 92 valence electrons. The highest BCUT2D eigenvalue weighted by Crippen LogP contribution is 2.34. The second-order valence-electron chi connectivity index (χ2n) is 3.78. The molecule has 0 spiro atoms. The number of ether oxygens (including phenoxy) is 2. The van der Waals surface area contributed by atoms with Gasteiger partial charge in [-0.3, -0.25) is 4.79 Å². The Balaban J connectivity index is 2.63. The minimum absolute atomic E-state index is 0.555. The van der Waals surface area contributed by atoms with Crippen molar-refractivity contribution in [3.05, 3.63) is 48.0 Å². The molecule has 0 saturated heterocycles. The second-order valence-corrected chi connectivity index (χ2v) is 3.78. The molecule has 0 radical (unpaired) electrons. The minimum Gasteiger partial charge on any atom is -0.493 e. The largest absolute Gasteiger partial charge is 0.493 e. The van der Waals surface area contributed by atoms with Crippen molar-refractivity contribution in [2.75, 3.05) is 14.2 Å². The summed E-state index contributed by atoms with van der Waals surface area (Å²) in [6, 6.07) is 13.2. The molecule has 0 aliphatic heterocycles. The Morgan fingerprint density at radius 2 is 1.56 bits per heavy atom. The third-order valence-corrected chi connectivity index (χ3v) is 2.77. The van der Waals surface area contributed by atoms with E-state index in [0.29, 0.717) is 17.1 Å². The summed E-state index contributed by atoms with van der Waals surface area (Å²) in [4.78, 5) is 11.2. The first kappa shape index (κ1) is 12.2. The minimum atomic E-state index is 0.555. The van der Waals surface area contributed by atoms with Crippen molar-refractivity contribution < 1.29 is 14.3 Å². The monoisotopic (exact) mass is 242 g/mol. The van der Waals surface area contributed by atoms with Crippen LogP contribution >= 0.6 is 0 Å². The van der Waals surface area contributed by atoms with Gasteiger partial charge in [-0.25, -0.2) is 0 Å². The number of methoxy groups -OCH3 is 2. The van der Waals surface area contributed by atoms with Crippen molar-refractivity contribution in [2.45, 2.75) is 0 Å². The lowest BCUT2D eigenvalue weighted by atomic mass is 9.99. The van der Waals surface area contributed by atoms with Crippen LogP contribution in [0.1, 0.15) is 10.4 Å². The molecule has 0 atom stereocenters. The van der Waals surface area contributed by atoms with Crippen molar-refractivity contribution in [2.24, 2.45) is 0 Å². The van der Waals surface area contributed by atoms with E-state index in [1.54, 1.807) is 20.3 Å². The molecule has 2 rings (SSSR count). The Morgan fingerprint density at radius 1 is 0.944 bits per heavy atom. The van der Waals surface area contributed by atoms with Crippen molar-refractivity contribution >= 4 is 6.29 Å². The van der Waals surface area contributed by atoms with Crippen LogP contribution in [0.4, 0.5) is 0 Å². The number of rotatable bonds is 4. The van der Waals surface area contributed by atoms with Gasteiger partial charge in [-0.05, 0) is 23.3 Å². The third kappa shape index (κ3) is 2.20. The summed E-state index contributed by atoms with van der Waals surface area (Å²) in [5, 5.41) is 0. The number of carbonyl (C=O) groups is 1. The Hall–Kier alpha value is -2.29. The first-order valence-corrected chi connectivity index (χ1v) is 5.56. The summed E-state index contributed by atoms with van der Waals surface area (Å²) in [6.07, 6.45) is 0.824. The van der Waals surface area contributed by atoms with Crippen molar-refractivity contribution in [1.82, 2.24) is 0 Å². The van der Waals surface area contributed by atoms with E-state index in [-0.39, 0.29) is 0 Å². The molecule has 0 bridgehead atoms. The van der Waals surface area contributed by atoms with Gasteiger partial charge in [-0.1, -0.05) is 30.3 Å². The molecule has 0 aliphatic carbocycles. The summed E-state index contributed by atoms with van der Waals surface area (Å²) < 4.78 is 10.4. The SMILES string of the molecule is COc1cc(C=O)c(-c2ccccc2)cc1OC. The van der Waals surface area contributed by atoms with E-state index in [2.05, 4.69) is 0 Å². The maximum atomic E-state index is 11.2. The first-order valence-electron chi connectivity index (χ1n) is 5.56. The van der Waals surface area contributed by atoms with Crippen LogP contribution in [0.15, 0.2) is 42.5 Å². The van der Waals surface area contributed by atoms with Crippen LogP contribution in [-0.4, -0.2) is 20.5 Å². The van der Waals surface area contributed by atoms with E-state index in [9.17, 15) is 4.79 Å². The average Bonchev–Trinajstić information content (AvgIpc) is 2.46. The summed E-state index contributed by atoms with van der Waals surface area (Å²) >= 11 is 0. The molecular formula is C15H14O3. The highest BCUT2D eigenvalue weighted by molar-refractivity contribution is 5.89. The predicted molar refractivity (Wildman–Crippen MR) is 70.4 cm³/mol. The van der Waals surface area contributed by atoms with Gasteiger partial charge in [0, 0.05) is 5.56 Å². The van der Waals surface area contributed by atoms with Crippen LogP contribution < -0.4 is 9.47 Å². The first-order chi connectivity index (χ1) is 8.80. The number of hydrogen-bond donors (Lipinski definition) is 0. The lowest BCUT2D eigenvalue weighted by Crippen LogP contribution is -1.95. The molecule has 0 heterocycles. The summed E-state index contributed by atoms with van der Waals surface area (Å²) in [6.45, 7) is 0. The van der Waals surface area contributed by atoms with Crippen LogP contribution in [0.3, 0.4) is 0 Å². The van der Waals surface area contributed by atoms with E-state index in [4.69, 9.17) is 9.47 Å². The Kier molecular flexibility index (Phi) is 3.63. The second kappa shape index (κ2) is 5.36. The number of aldehydes is 1. The van der Waals surface area contributed by atoms with Crippen LogP contribution in [-0.2, 0) is 0 Å². The quantitative estimate of drug-likeness (QED) is 0.772. The van der Waals surface area contributed by atoms with Crippen LogP contribution in [0.2, 0.25) is 0 Å². The lowest BCUT2D eigenvalue weighted by Gasteiger charge is -2.12. The molecule has 0 N–H and O–H groups in total.